The van der Waals surface area contributed by atoms with E-state index < -0.39 is 23.5 Å². The second-order valence-electron chi connectivity index (χ2n) is 9.81. The molecule has 0 aliphatic carbocycles. The minimum Gasteiger partial charge on any atom is -0.305 e. The van der Waals surface area contributed by atoms with E-state index in [1.54, 1.807) is 48.5 Å². The van der Waals surface area contributed by atoms with Gasteiger partial charge in [0.05, 0.1) is 38.8 Å². The highest BCUT2D eigenvalue weighted by atomic mass is 19.4. The predicted molar refractivity (Wildman–Crippen MR) is 148 cm³/mol. The number of para-hydroxylation sites is 2. The topological polar surface area (TPSA) is 46.5 Å². The number of hydrogen-bond donors (Lipinski definition) is 0. The van der Waals surface area contributed by atoms with E-state index in [0.29, 0.717) is 32.6 Å². The van der Waals surface area contributed by atoms with Gasteiger partial charge in [0.15, 0.2) is 5.82 Å². The summed E-state index contributed by atoms with van der Waals surface area (Å²) in [5.41, 5.74) is -0.135. The third-order valence-electron chi connectivity index (χ3n) is 7.46. The number of aromatic nitrogens is 3. The number of fused-ring (bicyclic) bond motifs is 6. The summed E-state index contributed by atoms with van der Waals surface area (Å²) in [6.07, 6.45) is -7.90. The van der Waals surface area contributed by atoms with Crippen LogP contribution in [-0.2, 0) is 12.4 Å². The van der Waals surface area contributed by atoms with Crippen LogP contribution in [0.25, 0.3) is 55.1 Å². The van der Waals surface area contributed by atoms with Crippen molar-refractivity contribution in [2.75, 3.05) is 0 Å². The zero-order chi connectivity index (χ0) is 29.4. The molecule has 3 heterocycles. The fourth-order valence-electron chi connectivity index (χ4n) is 5.68. The van der Waals surface area contributed by atoms with Crippen molar-refractivity contribution in [2.45, 2.75) is 12.4 Å². The van der Waals surface area contributed by atoms with Crippen molar-refractivity contribution in [2.24, 2.45) is 0 Å². The van der Waals surface area contributed by atoms with Gasteiger partial charge in [-0.1, -0.05) is 48.5 Å². The van der Waals surface area contributed by atoms with Crippen molar-refractivity contribution in [1.82, 2.24) is 14.1 Å². The Hall–Kier alpha value is -5.30. The van der Waals surface area contributed by atoms with E-state index in [1.165, 1.54) is 33.5 Å². The molecule has 0 spiro atoms. The van der Waals surface area contributed by atoms with E-state index in [-0.39, 0.29) is 28.1 Å². The van der Waals surface area contributed by atoms with Crippen molar-refractivity contribution in [3.8, 4) is 17.6 Å². The molecule has 0 aliphatic rings. The van der Waals surface area contributed by atoms with Gasteiger partial charge in [0.25, 0.3) is 0 Å². The molecule has 42 heavy (non-hydrogen) atoms. The molecular formula is C32H16F6N4. The van der Waals surface area contributed by atoms with Crippen LogP contribution >= 0.6 is 0 Å². The summed E-state index contributed by atoms with van der Waals surface area (Å²) in [5.74, 6) is 0.0969. The van der Waals surface area contributed by atoms with Crippen molar-refractivity contribution >= 4 is 43.6 Å². The number of alkyl halides is 6. The molecule has 3 aromatic heterocycles. The first-order valence-corrected chi connectivity index (χ1v) is 12.7. The molecule has 4 aromatic carbocycles. The van der Waals surface area contributed by atoms with Crippen LogP contribution < -0.4 is 0 Å². The van der Waals surface area contributed by atoms with Crippen LogP contribution in [0.2, 0.25) is 0 Å². The maximum Gasteiger partial charge on any atom is 0.416 e. The van der Waals surface area contributed by atoms with E-state index in [0.717, 1.165) is 24.3 Å². The van der Waals surface area contributed by atoms with Crippen molar-refractivity contribution < 1.29 is 26.3 Å². The summed E-state index contributed by atoms with van der Waals surface area (Å²) in [5, 5.41) is 12.5. The van der Waals surface area contributed by atoms with Gasteiger partial charge in [-0.2, -0.15) is 31.6 Å². The Morgan fingerprint density at radius 3 is 1.57 bits per heavy atom. The SMILES string of the molecule is N#Cc1ccnc(-n2c3ccccc3c3ccc(C(F)(F)F)cc32)c1-n1c2ccccc2c2ccc(C(F)(F)F)cc21. The van der Waals surface area contributed by atoms with Gasteiger partial charge in [0.1, 0.15) is 11.8 Å². The lowest BCUT2D eigenvalue weighted by molar-refractivity contribution is -0.138. The van der Waals surface area contributed by atoms with Gasteiger partial charge in [-0.25, -0.2) is 4.98 Å². The highest BCUT2D eigenvalue weighted by Crippen LogP contribution is 2.41. The number of nitrogens with zero attached hydrogens (tertiary/aromatic N) is 4. The molecule has 10 heteroatoms. The molecule has 0 saturated carbocycles. The Morgan fingerprint density at radius 1 is 0.571 bits per heavy atom. The summed E-state index contributed by atoms with van der Waals surface area (Å²) >= 11 is 0. The Morgan fingerprint density at radius 2 is 1.05 bits per heavy atom. The lowest BCUT2D eigenvalue weighted by atomic mass is 10.1. The molecule has 0 saturated heterocycles. The lowest BCUT2D eigenvalue weighted by Crippen LogP contribution is -2.10. The van der Waals surface area contributed by atoms with Gasteiger partial charge < -0.3 is 4.57 Å². The number of pyridine rings is 1. The summed E-state index contributed by atoms with van der Waals surface area (Å²) in [6.45, 7) is 0. The zero-order valence-electron chi connectivity index (χ0n) is 21.3. The first kappa shape index (κ1) is 25.7. The second-order valence-corrected chi connectivity index (χ2v) is 9.81. The summed E-state index contributed by atoms with van der Waals surface area (Å²) in [6, 6.07) is 24.3. The standard InChI is InChI=1S/C32H16F6N4/c33-31(34,35)19-9-11-23-21-5-1-3-7-25(21)41(27(23)15-19)29-18(17-39)13-14-40-30(29)42-26-8-4-2-6-22(26)24-12-10-20(16-28(24)42)32(36,37)38/h1-16H. The van der Waals surface area contributed by atoms with E-state index in [9.17, 15) is 31.6 Å². The minimum atomic E-state index is -4.63. The number of hydrogen-bond acceptors (Lipinski definition) is 2. The van der Waals surface area contributed by atoms with Gasteiger partial charge in [-0.15, -0.1) is 0 Å². The van der Waals surface area contributed by atoms with Crippen LogP contribution in [0.1, 0.15) is 16.7 Å². The van der Waals surface area contributed by atoms with Crippen LogP contribution in [-0.4, -0.2) is 14.1 Å². The summed E-state index contributed by atoms with van der Waals surface area (Å²) < 4.78 is 86.2. The van der Waals surface area contributed by atoms with Crippen LogP contribution in [0.4, 0.5) is 26.3 Å². The molecule has 206 valence electrons. The van der Waals surface area contributed by atoms with E-state index in [1.807, 2.05) is 0 Å². The van der Waals surface area contributed by atoms with Crippen molar-refractivity contribution in [3.05, 3.63) is 114 Å². The lowest BCUT2D eigenvalue weighted by Gasteiger charge is -2.17. The Bertz CT molecular complexity index is 2250. The largest absolute Gasteiger partial charge is 0.416 e. The molecule has 0 fully saturated rings. The van der Waals surface area contributed by atoms with Crippen LogP contribution in [0.3, 0.4) is 0 Å². The summed E-state index contributed by atoms with van der Waals surface area (Å²) in [4.78, 5) is 4.55. The quantitative estimate of drug-likeness (QED) is 0.195. The molecule has 7 rings (SSSR count). The Balaban J connectivity index is 1.68. The summed E-state index contributed by atoms with van der Waals surface area (Å²) in [7, 11) is 0. The van der Waals surface area contributed by atoms with E-state index in [2.05, 4.69) is 11.1 Å². The first-order chi connectivity index (χ1) is 20.1. The third-order valence-corrected chi connectivity index (χ3v) is 7.46. The van der Waals surface area contributed by atoms with Crippen LogP contribution in [0, 0.1) is 11.3 Å². The van der Waals surface area contributed by atoms with Gasteiger partial charge in [-0.3, -0.25) is 4.57 Å². The number of benzene rings is 4. The third kappa shape index (κ3) is 3.74. The second kappa shape index (κ2) is 8.85. The first-order valence-electron chi connectivity index (χ1n) is 12.7. The monoisotopic (exact) mass is 570 g/mol. The van der Waals surface area contributed by atoms with Crippen molar-refractivity contribution in [1.29, 1.82) is 5.26 Å². The average molecular weight is 570 g/mol. The van der Waals surface area contributed by atoms with Gasteiger partial charge in [0, 0.05) is 27.7 Å². The molecule has 0 bridgehead atoms. The average Bonchev–Trinajstić information content (AvgIpc) is 3.48. The molecule has 0 aliphatic heterocycles. The zero-order valence-corrected chi connectivity index (χ0v) is 21.3. The number of rotatable bonds is 2. The number of halogens is 6. The molecule has 4 nitrogen and oxygen atoms in total. The normalized spacial score (nSPS) is 12.5. The molecular weight excluding hydrogens is 554 g/mol. The smallest absolute Gasteiger partial charge is 0.305 e. The number of nitriles is 1. The minimum absolute atomic E-state index is 0.0815. The fourth-order valence-corrected chi connectivity index (χ4v) is 5.68. The highest BCUT2D eigenvalue weighted by molar-refractivity contribution is 6.11. The van der Waals surface area contributed by atoms with Crippen molar-refractivity contribution in [3.63, 3.8) is 0 Å². The maximum absolute atomic E-state index is 13.9. The highest BCUT2D eigenvalue weighted by Gasteiger charge is 2.33. The van der Waals surface area contributed by atoms with Gasteiger partial charge in [-0.05, 0) is 42.5 Å². The van der Waals surface area contributed by atoms with E-state index in [4.69, 9.17) is 0 Å². The van der Waals surface area contributed by atoms with Gasteiger partial charge >= 0.3 is 12.4 Å². The maximum atomic E-state index is 13.9. The van der Waals surface area contributed by atoms with Crippen LogP contribution in [0.15, 0.2) is 97.2 Å². The molecule has 0 unspecified atom stereocenters. The van der Waals surface area contributed by atoms with Gasteiger partial charge in [0.2, 0.25) is 0 Å². The molecule has 0 N–H and O–H groups in total. The van der Waals surface area contributed by atoms with E-state index >= 15 is 0 Å². The molecule has 7 aromatic rings. The fraction of sp³-hybridized carbons (Fsp3) is 0.0625. The molecule has 0 amide bonds. The predicted octanol–water partition coefficient (Wildman–Crippen LogP) is 9.19. The Kier molecular flexibility index (Phi) is 5.40. The van der Waals surface area contributed by atoms with Crippen LogP contribution in [0.5, 0.6) is 0 Å². The molecule has 0 radical (unpaired) electrons. The Labute approximate surface area is 233 Å². The molecule has 0 atom stereocenters.